The quantitative estimate of drug-likeness (QED) is 0.556. The average Bonchev–Trinajstić information content (AvgIpc) is 2.05. The lowest BCUT2D eigenvalue weighted by atomic mass is 9.80. The third-order valence-corrected chi connectivity index (χ3v) is 2.82. The van der Waals surface area contributed by atoms with Crippen molar-refractivity contribution in [3.8, 4) is 0 Å². The molecule has 11 heavy (non-hydrogen) atoms. The molecule has 0 bridgehead atoms. The minimum Gasteiger partial charge on any atom is -0.378 e. The monoisotopic (exact) mass is 154 g/mol. The van der Waals surface area contributed by atoms with E-state index in [4.69, 9.17) is 4.74 Å². The molecule has 0 radical (unpaired) electrons. The Bertz CT molecular complexity index is 149. The zero-order valence-corrected chi connectivity index (χ0v) is 7.76. The highest BCUT2D eigenvalue weighted by Crippen LogP contribution is 2.33. The normalized spacial score (nSPS) is 31.3. The minimum absolute atomic E-state index is 0.134. The van der Waals surface area contributed by atoms with Crippen molar-refractivity contribution in [3.05, 3.63) is 12.2 Å². The Kier molecular flexibility index (Phi) is 2.72. The SMILES string of the molecule is CO[C@]1(C(C)C)CC=CCC1. The van der Waals surface area contributed by atoms with Crippen molar-refractivity contribution in [2.75, 3.05) is 7.11 Å². The van der Waals surface area contributed by atoms with E-state index in [9.17, 15) is 0 Å². The van der Waals surface area contributed by atoms with Crippen LogP contribution in [0, 0.1) is 5.92 Å². The van der Waals surface area contributed by atoms with E-state index >= 15 is 0 Å². The maximum absolute atomic E-state index is 5.59. The van der Waals surface area contributed by atoms with E-state index < -0.39 is 0 Å². The summed E-state index contributed by atoms with van der Waals surface area (Å²) in [6.45, 7) is 4.48. The molecule has 64 valence electrons. The van der Waals surface area contributed by atoms with Gasteiger partial charge in [-0.05, 0) is 25.2 Å². The summed E-state index contributed by atoms with van der Waals surface area (Å²) >= 11 is 0. The first-order valence-electron chi connectivity index (χ1n) is 4.41. The zero-order chi connectivity index (χ0) is 8.32. The third-order valence-electron chi connectivity index (χ3n) is 2.82. The van der Waals surface area contributed by atoms with E-state index in [-0.39, 0.29) is 5.60 Å². The number of hydrogen-bond donors (Lipinski definition) is 0. The van der Waals surface area contributed by atoms with Gasteiger partial charge in [0, 0.05) is 7.11 Å². The molecule has 1 heteroatoms. The standard InChI is InChI=1S/C10H18O/c1-9(2)10(11-3)7-5-4-6-8-10/h4-5,9H,6-8H2,1-3H3/t10-/m1/s1. The van der Waals surface area contributed by atoms with Gasteiger partial charge in [-0.2, -0.15) is 0 Å². The van der Waals surface area contributed by atoms with Crippen molar-refractivity contribution in [2.45, 2.75) is 38.7 Å². The Morgan fingerprint density at radius 2 is 2.09 bits per heavy atom. The Balaban J connectivity index is 2.67. The zero-order valence-electron chi connectivity index (χ0n) is 7.76. The first-order valence-corrected chi connectivity index (χ1v) is 4.41. The van der Waals surface area contributed by atoms with Crippen molar-refractivity contribution in [1.82, 2.24) is 0 Å². The molecular weight excluding hydrogens is 136 g/mol. The summed E-state index contributed by atoms with van der Waals surface area (Å²) in [6, 6.07) is 0. The summed E-state index contributed by atoms with van der Waals surface area (Å²) in [6.07, 6.45) is 7.93. The molecule has 1 rings (SSSR count). The van der Waals surface area contributed by atoms with Crippen LogP contribution in [0.1, 0.15) is 33.1 Å². The van der Waals surface area contributed by atoms with E-state index in [1.807, 2.05) is 7.11 Å². The van der Waals surface area contributed by atoms with Crippen molar-refractivity contribution in [3.63, 3.8) is 0 Å². The molecule has 1 atom stereocenters. The fourth-order valence-corrected chi connectivity index (χ4v) is 1.78. The van der Waals surface area contributed by atoms with Gasteiger partial charge in [0.1, 0.15) is 0 Å². The summed E-state index contributed by atoms with van der Waals surface area (Å²) < 4.78 is 5.59. The van der Waals surface area contributed by atoms with Gasteiger partial charge in [0.2, 0.25) is 0 Å². The van der Waals surface area contributed by atoms with E-state index in [2.05, 4.69) is 26.0 Å². The predicted molar refractivity (Wildman–Crippen MR) is 47.6 cm³/mol. The van der Waals surface area contributed by atoms with E-state index in [1.165, 1.54) is 12.8 Å². The van der Waals surface area contributed by atoms with Crippen LogP contribution in [0.25, 0.3) is 0 Å². The topological polar surface area (TPSA) is 9.23 Å². The van der Waals surface area contributed by atoms with Crippen molar-refractivity contribution < 1.29 is 4.74 Å². The first kappa shape index (κ1) is 8.79. The van der Waals surface area contributed by atoms with Crippen molar-refractivity contribution in [2.24, 2.45) is 5.92 Å². The minimum atomic E-state index is 0.134. The highest BCUT2D eigenvalue weighted by atomic mass is 16.5. The summed E-state index contributed by atoms with van der Waals surface area (Å²) in [5, 5.41) is 0. The van der Waals surface area contributed by atoms with Crippen LogP contribution in [0.5, 0.6) is 0 Å². The molecule has 0 aromatic rings. The highest BCUT2D eigenvalue weighted by molar-refractivity contribution is 5.00. The van der Waals surface area contributed by atoms with Gasteiger partial charge in [-0.25, -0.2) is 0 Å². The second-order valence-electron chi connectivity index (χ2n) is 3.64. The third kappa shape index (κ3) is 1.64. The number of rotatable bonds is 2. The van der Waals surface area contributed by atoms with Crippen LogP contribution in [-0.4, -0.2) is 12.7 Å². The van der Waals surface area contributed by atoms with Crippen LogP contribution in [0.15, 0.2) is 12.2 Å². The molecule has 0 aromatic heterocycles. The van der Waals surface area contributed by atoms with Gasteiger partial charge >= 0.3 is 0 Å². The smallest absolute Gasteiger partial charge is 0.0738 e. The average molecular weight is 154 g/mol. The maximum Gasteiger partial charge on any atom is 0.0738 e. The fraction of sp³-hybridized carbons (Fsp3) is 0.800. The van der Waals surface area contributed by atoms with Crippen molar-refractivity contribution in [1.29, 1.82) is 0 Å². The Hall–Kier alpha value is -0.300. The molecular formula is C10H18O. The Morgan fingerprint density at radius 1 is 1.36 bits per heavy atom. The molecule has 0 aliphatic heterocycles. The lowest BCUT2D eigenvalue weighted by molar-refractivity contribution is -0.0540. The number of methoxy groups -OCH3 is 1. The number of hydrogen-bond acceptors (Lipinski definition) is 1. The number of ether oxygens (including phenoxy) is 1. The molecule has 1 nitrogen and oxygen atoms in total. The van der Waals surface area contributed by atoms with Crippen LogP contribution in [-0.2, 0) is 4.74 Å². The van der Waals surface area contributed by atoms with Gasteiger partial charge in [0.15, 0.2) is 0 Å². The Labute approximate surface area is 69.4 Å². The van der Waals surface area contributed by atoms with E-state index in [0.717, 1.165) is 6.42 Å². The van der Waals surface area contributed by atoms with Gasteiger partial charge in [0.25, 0.3) is 0 Å². The van der Waals surface area contributed by atoms with Gasteiger partial charge < -0.3 is 4.74 Å². The molecule has 1 aliphatic rings. The molecule has 0 amide bonds. The van der Waals surface area contributed by atoms with E-state index in [0.29, 0.717) is 5.92 Å². The molecule has 0 fully saturated rings. The van der Waals surface area contributed by atoms with Crippen LogP contribution < -0.4 is 0 Å². The highest BCUT2D eigenvalue weighted by Gasteiger charge is 2.32. The Morgan fingerprint density at radius 3 is 2.36 bits per heavy atom. The molecule has 0 aromatic carbocycles. The number of allylic oxidation sites excluding steroid dienone is 1. The summed E-state index contributed by atoms with van der Waals surface area (Å²) in [4.78, 5) is 0. The summed E-state index contributed by atoms with van der Waals surface area (Å²) in [5.41, 5.74) is 0.134. The largest absolute Gasteiger partial charge is 0.378 e. The molecule has 0 unspecified atom stereocenters. The van der Waals surface area contributed by atoms with Gasteiger partial charge in [0.05, 0.1) is 5.60 Å². The van der Waals surface area contributed by atoms with Crippen LogP contribution in [0.2, 0.25) is 0 Å². The van der Waals surface area contributed by atoms with Crippen LogP contribution >= 0.6 is 0 Å². The lowest BCUT2D eigenvalue weighted by Gasteiger charge is -2.37. The fourth-order valence-electron chi connectivity index (χ4n) is 1.78. The van der Waals surface area contributed by atoms with Crippen LogP contribution in [0.3, 0.4) is 0 Å². The molecule has 1 aliphatic carbocycles. The molecule has 0 N–H and O–H groups in total. The maximum atomic E-state index is 5.59. The van der Waals surface area contributed by atoms with Crippen molar-refractivity contribution >= 4 is 0 Å². The molecule has 0 spiro atoms. The molecule has 0 heterocycles. The molecule has 0 saturated heterocycles. The van der Waals surface area contributed by atoms with Gasteiger partial charge in [-0.3, -0.25) is 0 Å². The first-order chi connectivity index (χ1) is 5.21. The molecule has 0 saturated carbocycles. The van der Waals surface area contributed by atoms with E-state index in [1.54, 1.807) is 0 Å². The predicted octanol–water partition coefficient (Wildman–Crippen LogP) is 2.77. The van der Waals surface area contributed by atoms with Gasteiger partial charge in [-0.15, -0.1) is 0 Å². The summed E-state index contributed by atoms with van der Waals surface area (Å²) in [7, 11) is 1.83. The second-order valence-corrected chi connectivity index (χ2v) is 3.64. The lowest BCUT2D eigenvalue weighted by Crippen LogP contribution is -2.37. The second kappa shape index (κ2) is 3.40. The van der Waals surface area contributed by atoms with Gasteiger partial charge in [-0.1, -0.05) is 26.0 Å². The van der Waals surface area contributed by atoms with Crippen LogP contribution in [0.4, 0.5) is 0 Å². The summed E-state index contributed by atoms with van der Waals surface area (Å²) in [5.74, 6) is 0.623.